The van der Waals surface area contributed by atoms with Crippen LogP contribution >= 0.6 is 0 Å². The number of nitrogens with one attached hydrogen (secondary N) is 2. The van der Waals surface area contributed by atoms with E-state index < -0.39 is 0 Å². The normalized spacial score (nSPS) is 13.1. The summed E-state index contributed by atoms with van der Waals surface area (Å²) in [5.74, 6) is -1.09. The van der Waals surface area contributed by atoms with Gasteiger partial charge in [-0.05, 0) is 44.5 Å². The van der Waals surface area contributed by atoms with Crippen LogP contribution < -0.4 is 10.9 Å². The number of fused-ring (bicyclic) bond motifs is 1. The van der Waals surface area contributed by atoms with Crippen LogP contribution in [-0.2, 0) is 11.3 Å². The molecule has 0 saturated heterocycles. The van der Waals surface area contributed by atoms with Crippen molar-refractivity contribution in [2.45, 2.75) is 33.7 Å². The molecule has 0 spiro atoms. The van der Waals surface area contributed by atoms with Crippen LogP contribution in [0.25, 0.3) is 0 Å². The number of H-pyrrole nitrogens is 1. The number of benzene rings is 1. The highest BCUT2D eigenvalue weighted by Gasteiger charge is 2.35. The van der Waals surface area contributed by atoms with Gasteiger partial charge in [-0.25, -0.2) is 0 Å². The standard InChI is InChI=1S/C20H21N3O4/c1-11-4-5-14-15(8-11)20(27)23(19(14)26)7-6-17(24)21-10-16-12(2)9-13(3)22-18(16)25/h4-5,8-9H,6-7,10H2,1-3H3,(H,21,24)(H,22,25). The Balaban J connectivity index is 1.60. The fourth-order valence-corrected chi connectivity index (χ4v) is 3.20. The van der Waals surface area contributed by atoms with Gasteiger partial charge in [-0.3, -0.25) is 24.1 Å². The third-order valence-electron chi connectivity index (χ3n) is 4.64. The molecule has 0 saturated carbocycles. The number of pyridine rings is 1. The minimum Gasteiger partial charge on any atom is -0.352 e. The molecule has 1 aliphatic rings. The van der Waals surface area contributed by atoms with Crippen molar-refractivity contribution < 1.29 is 14.4 Å². The van der Waals surface area contributed by atoms with Crippen molar-refractivity contribution >= 4 is 17.7 Å². The molecule has 140 valence electrons. The van der Waals surface area contributed by atoms with E-state index in [0.717, 1.165) is 21.7 Å². The number of carbonyl (C=O) groups excluding carboxylic acids is 3. The molecule has 2 heterocycles. The summed E-state index contributed by atoms with van der Waals surface area (Å²) >= 11 is 0. The summed E-state index contributed by atoms with van der Waals surface area (Å²) in [7, 11) is 0. The van der Waals surface area contributed by atoms with Gasteiger partial charge in [-0.1, -0.05) is 11.6 Å². The highest BCUT2D eigenvalue weighted by Crippen LogP contribution is 2.23. The number of hydrogen-bond acceptors (Lipinski definition) is 4. The van der Waals surface area contributed by atoms with Gasteiger partial charge in [0.2, 0.25) is 5.91 Å². The van der Waals surface area contributed by atoms with E-state index in [1.54, 1.807) is 25.1 Å². The van der Waals surface area contributed by atoms with Crippen molar-refractivity contribution in [1.29, 1.82) is 0 Å². The second-order valence-electron chi connectivity index (χ2n) is 6.78. The molecule has 0 unspecified atom stereocenters. The van der Waals surface area contributed by atoms with Crippen LogP contribution in [0.15, 0.2) is 29.1 Å². The predicted molar refractivity (Wildman–Crippen MR) is 99.5 cm³/mol. The molecule has 1 aliphatic heterocycles. The first-order valence-corrected chi connectivity index (χ1v) is 8.71. The lowest BCUT2D eigenvalue weighted by atomic mass is 10.1. The molecular weight excluding hydrogens is 346 g/mol. The number of aromatic amines is 1. The maximum Gasteiger partial charge on any atom is 0.261 e. The molecular formula is C20H21N3O4. The lowest BCUT2D eigenvalue weighted by Gasteiger charge is -2.14. The first kappa shape index (κ1) is 18.6. The molecule has 0 atom stereocenters. The zero-order valence-electron chi connectivity index (χ0n) is 15.5. The molecule has 7 heteroatoms. The smallest absolute Gasteiger partial charge is 0.261 e. The number of amides is 3. The maximum absolute atomic E-state index is 12.4. The Morgan fingerprint density at radius 3 is 2.44 bits per heavy atom. The van der Waals surface area contributed by atoms with E-state index in [1.165, 1.54) is 0 Å². The van der Waals surface area contributed by atoms with Gasteiger partial charge in [0.05, 0.1) is 11.1 Å². The number of hydrogen-bond donors (Lipinski definition) is 2. The van der Waals surface area contributed by atoms with Crippen molar-refractivity contribution in [3.05, 3.63) is 68.1 Å². The Labute approximate surface area is 156 Å². The molecule has 3 rings (SSSR count). The van der Waals surface area contributed by atoms with E-state index >= 15 is 0 Å². The summed E-state index contributed by atoms with van der Waals surface area (Å²) in [6.07, 6.45) is -0.0206. The fraction of sp³-hybridized carbons (Fsp3) is 0.300. The second-order valence-corrected chi connectivity index (χ2v) is 6.78. The molecule has 1 aromatic heterocycles. The Morgan fingerprint density at radius 2 is 1.74 bits per heavy atom. The summed E-state index contributed by atoms with van der Waals surface area (Å²) in [4.78, 5) is 52.7. The van der Waals surface area contributed by atoms with Crippen molar-refractivity contribution in [3.8, 4) is 0 Å². The summed E-state index contributed by atoms with van der Waals surface area (Å²) in [5.41, 5.74) is 3.46. The van der Waals surface area contributed by atoms with Gasteiger partial charge >= 0.3 is 0 Å². The molecule has 0 bridgehead atoms. The third-order valence-corrected chi connectivity index (χ3v) is 4.64. The Kier molecular flexibility index (Phi) is 4.94. The highest BCUT2D eigenvalue weighted by molar-refractivity contribution is 6.21. The third kappa shape index (κ3) is 3.67. The minimum absolute atomic E-state index is 0.000461. The molecule has 2 aromatic rings. The van der Waals surface area contributed by atoms with E-state index in [-0.39, 0.29) is 42.8 Å². The van der Waals surface area contributed by atoms with Crippen LogP contribution in [0.5, 0.6) is 0 Å². The van der Waals surface area contributed by atoms with E-state index in [1.807, 2.05) is 19.9 Å². The minimum atomic E-state index is -0.381. The number of nitrogens with zero attached hydrogens (tertiary/aromatic N) is 1. The van der Waals surface area contributed by atoms with Crippen LogP contribution in [0, 0.1) is 20.8 Å². The van der Waals surface area contributed by atoms with Gasteiger partial charge in [0, 0.05) is 30.8 Å². The van der Waals surface area contributed by atoms with Crippen molar-refractivity contribution in [2.75, 3.05) is 6.54 Å². The van der Waals surface area contributed by atoms with Crippen molar-refractivity contribution in [3.63, 3.8) is 0 Å². The van der Waals surface area contributed by atoms with Crippen LogP contribution in [0.4, 0.5) is 0 Å². The van der Waals surface area contributed by atoms with Gasteiger partial charge in [0.15, 0.2) is 0 Å². The highest BCUT2D eigenvalue weighted by atomic mass is 16.2. The van der Waals surface area contributed by atoms with Crippen molar-refractivity contribution in [2.24, 2.45) is 0 Å². The van der Waals surface area contributed by atoms with Gasteiger partial charge in [0.25, 0.3) is 17.4 Å². The van der Waals surface area contributed by atoms with Gasteiger partial charge in [-0.2, -0.15) is 0 Å². The number of aromatic nitrogens is 1. The van der Waals surface area contributed by atoms with Crippen molar-refractivity contribution in [1.82, 2.24) is 15.2 Å². The largest absolute Gasteiger partial charge is 0.352 e. The first-order chi connectivity index (χ1) is 12.8. The topological polar surface area (TPSA) is 99.3 Å². The second kappa shape index (κ2) is 7.19. The SMILES string of the molecule is Cc1ccc2c(c1)C(=O)N(CCC(=O)NCc1c(C)cc(C)[nH]c1=O)C2=O. The van der Waals surface area contributed by atoms with Gasteiger partial charge < -0.3 is 10.3 Å². The van der Waals surface area contributed by atoms with Gasteiger partial charge in [0.1, 0.15) is 0 Å². The van der Waals surface area contributed by atoms with Crippen LogP contribution in [-0.4, -0.2) is 34.2 Å². The molecule has 2 N–H and O–H groups in total. The average molecular weight is 367 g/mol. The first-order valence-electron chi connectivity index (χ1n) is 8.71. The summed E-state index contributed by atoms with van der Waals surface area (Å²) in [5, 5.41) is 2.68. The zero-order valence-corrected chi connectivity index (χ0v) is 15.5. The number of rotatable bonds is 5. The monoisotopic (exact) mass is 367 g/mol. The number of aryl methyl sites for hydroxylation is 3. The van der Waals surface area contributed by atoms with Crippen LogP contribution in [0.2, 0.25) is 0 Å². The zero-order chi connectivity index (χ0) is 19.7. The molecule has 0 radical (unpaired) electrons. The molecule has 7 nitrogen and oxygen atoms in total. The van der Waals surface area contributed by atoms with E-state index in [9.17, 15) is 19.2 Å². The van der Waals surface area contributed by atoms with E-state index in [0.29, 0.717) is 16.7 Å². The molecule has 0 fully saturated rings. The average Bonchev–Trinajstić information content (AvgIpc) is 2.82. The lowest BCUT2D eigenvalue weighted by molar-refractivity contribution is -0.121. The maximum atomic E-state index is 12.4. The Morgan fingerprint density at radius 1 is 1.04 bits per heavy atom. The Hall–Kier alpha value is -3.22. The van der Waals surface area contributed by atoms with Gasteiger partial charge in [-0.15, -0.1) is 0 Å². The quantitative estimate of drug-likeness (QED) is 0.784. The van der Waals surface area contributed by atoms with Crippen LogP contribution in [0.1, 0.15) is 49.5 Å². The summed E-state index contributed by atoms with van der Waals surface area (Å²) in [6.45, 7) is 5.55. The lowest BCUT2D eigenvalue weighted by Crippen LogP contribution is -2.35. The predicted octanol–water partition coefficient (Wildman–Crippen LogP) is 1.60. The summed E-state index contributed by atoms with van der Waals surface area (Å²) in [6, 6.07) is 6.94. The molecule has 27 heavy (non-hydrogen) atoms. The number of carbonyl (C=O) groups is 3. The molecule has 1 aromatic carbocycles. The Bertz CT molecular complexity index is 1010. The summed E-state index contributed by atoms with van der Waals surface area (Å²) < 4.78 is 0. The fourth-order valence-electron chi connectivity index (χ4n) is 3.20. The van der Waals surface area contributed by atoms with E-state index in [2.05, 4.69) is 10.3 Å². The molecule has 3 amide bonds. The number of imide groups is 1. The molecule has 0 aliphatic carbocycles. The van der Waals surface area contributed by atoms with E-state index in [4.69, 9.17) is 0 Å². The van der Waals surface area contributed by atoms with Crippen LogP contribution in [0.3, 0.4) is 0 Å².